The van der Waals surface area contributed by atoms with Gasteiger partial charge in [-0.1, -0.05) is 13.8 Å². The van der Waals surface area contributed by atoms with Crippen LogP contribution in [-0.2, 0) is 4.74 Å². The van der Waals surface area contributed by atoms with E-state index in [1.807, 2.05) is 26.4 Å². The molecule has 1 rings (SSSR count). The van der Waals surface area contributed by atoms with Gasteiger partial charge in [0.2, 0.25) is 0 Å². The zero-order valence-corrected chi connectivity index (χ0v) is 11.2. The van der Waals surface area contributed by atoms with E-state index in [0.29, 0.717) is 6.61 Å². The van der Waals surface area contributed by atoms with E-state index in [9.17, 15) is 0 Å². The molecule has 1 unspecified atom stereocenters. The first-order chi connectivity index (χ1) is 8.24. The quantitative estimate of drug-likeness (QED) is 0.790. The van der Waals surface area contributed by atoms with Crippen LogP contribution in [0.2, 0.25) is 0 Å². The summed E-state index contributed by atoms with van der Waals surface area (Å²) in [6.07, 6.45) is 7.17. The van der Waals surface area contributed by atoms with E-state index in [4.69, 9.17) is 4.74 Å². The Morgan fingerprint density at radius 2 is 1.82 bits per heavy atom. The van der Waals surface area contributed by atoms with Gasteiger partial charge in [-0.2, -0.15) is 0 Å². The normalized spacial score (nSPS) is 13.6. The lowest BCUT2D eigenvalue weighted by Gasteiger charge is -2.39. The highest BCUT2D eigenvalue weighted by Gasteiger charge is 2.36. The molecule has 1 atom stereocenters. The molecule has 0 aliphatic carbocycles. The van der Waals surface area contributed by atoms with Crippen LogP contribution in [0.25, 0.3) is 0 Å². The summed E-state index contributed by atoms with van der Waals surface area (Å²) in [7, 11) is 1.96. The first-order valence-corrected chi connectivity index (χ1v) is 6.30. The van der Waals surface area contributed by atoms with Crippen LogP contribution < -0.4 is 5.32 Å². The average molecular weight is 237 g/mol. The molecule has 96 valence electrons. The molecule has 17 heavy (non-hydrogen) atoms. The minimum Gasteiger partial charge on any atom is -0.373 e. The van der Waals surface area contributed by atoms with E-state index >= 15 is 0 Å². The highest BCUT2D eigenvalue weighted by molar-refractivity contribution is 5.15. The number of aromatic nitrogens is 2. The predicted molar refractivity (Wildman–Crippen MR) is 68.8 cm³/mol. The fourth-order valence-electron chi connectivity index (χ4n) is 2.43. The smallest absolute Gasteiger partial charge is 0.115 e. The Hall–Kier alpha value is -1.00. The van der Waals surface area contributed by atoms with E-state index in [1.54, 1.807) is 6.33 Å². The van der Waals surface area contributed by atoms with Crippen LogP contribution in [0.5, 0.6) is 0 Å². The first kappa shape index (κ1) is 14.1. The number of rotatable bonds is 7. The molecule has 4 heteroatoms. The molecule has 1 heterocycles. The summed E-state index contributed by atoms with van der Waals surface area (Å²) in [4.78, 5) is 8.18. The summed E-state index contributed by atoms with van der Waals surface area (Å²) in [5, 5.41) is 3.34. The standard InChI is InChI=1S/C13H23N3O/c1-5-13(6-2,17-7-3)12(14-4)11-8-15-10-16-9-11/h8-10,12,14H,5-7H2,1-4H3. The van der Waals surface area contributed by atoms with Crippen molar-refractivity contribution in [3.8, 4) is 0 Å². The van der Waals surface area contributed by atoms with Crippen LogP contribution in [0, 0.1) is 0 Å². The van der Waals surface area contributed by atoms with Gasteiger partial charge < -0.3 is 10.1 Å². The van der Waals surface area contributed by atoms with Gasteiger partial charge in [0.05, 0.1) is 11.6 Å². The second-order valence-electron chi connectivity index (χ2n) is 4.10. The lowest BCUT2D eigenvalue weighted by atomic mass is 9.85. The molecule has 0 spiro atoms. The number of ether oxygens (including phenoxy) is 1. The van der Waals surface area contributed by atoms with Crippen molar-refractivity contribution in [3.05, 3.63) is 24.3 Å². The maximum atomic E-state index is 6.02. The number of hydrogen-bond donors (Lipinski definition) is 1. The predicted octanol–water partition coefficient (Wildman–Crippen LogP) is 2.33. The SMILES string of the molecule is CCOC(CC)(CC)C(NC)c1cncnc1. The summed E-state index contributed by atoms with van der Waals surface area (Å²) >= 11 is 0. The van der Waals surface area contributed by atoms with Crippen LogP contribution in [0.3, 0.4) is 0 Å². The molecule has 0 amide bonds. The number of likely N-dealkylation sites (N-methyl/N-ethyl adjacent to an activating group) is 1. The number of nitrogens with zero attached hydrogens (tertiary/aromatic N) is 2. The van der Waals surface area contributed by atoms with E-state index in [-0.39, 0.29) is 11.6 Å². The fourth-order valence-corrected chi connectivity index (χ4v) is 2.43. The summed E-state index contributed by atoms with van der Waals surface area (Å²) in [6, 6.07) is 0.124. The van der Waals surface area contributed by atoms with Crippen LogP contribution in [0.15, 0.2) is 18.7 Å². The van der Waals surface area contributed by atoms with Gasteiger partial charge in [0.25, 0.3) is 0 Å². The van der Waals surface area contributed by atoms with Crippen molar-refractivity contribution in [1.82, 2.24) is 15.3 Å². The molecule has 0 saturated carbocycles. The Balaban J connectivity index is 3.05. The highest BCUT2D eigenvalue weighted by atomic mass is 16.5. The monoisotopic (exact) mass is 237 g/mol. The summed E-state index contributed by atoms with van der Waals surface area (Å²) in [5.74, 6) is 0. The summed E-state index contributed by atoms with van der Waals surface area (Å²) < 4.78 is 6.02. The van der Waals surface area contributed by atoms with Crippen molar-refractivity contribution < 1.29 is 4.74 Å². The van der Waals surface area contributed by atoms with Gasteiger partial charge in [-0.25, -0.2) is 9.97 Å². The van der Waals surface area contributed by atoms with Crippen molar-refractivity contribution in [3.63, 3.8) is 0 Å². The van der Waals surface area contributed by atoms with E-state index < -0.39 is 0 Å². The molecule has 0 radical (unpaired) electrons. The lowest BCUT2D eigenvalue weighted by Crippen LogP contribution is -2.44. The van der Waals surface area contributed by atoms with Crippen molar-refractivity contribution in [2.24, 2.45) is 0 Å². The van der Waals surface area contributed by atoms with Gasteiger partial charge in [-0.3, -0.25) is 0 Å². The molecule has 0 bridgehead atoms. The van der Waals surface area contributed by atoms with Crippen molar-refractivity contribution in [2.45, 2.75) is 45.3 Å². The Morgan fingerprint density at radius 1 is 1.24 bits per heavy atom. The van der Waals surface area contributed by atoms with Gasteiger partial charge in [0.15, 0.2) is 0 Å². The molecule has 0 aliphatic rings. The van der Waals surface area contributed by atoms with Crippen molar-refractivity contribution >= 4 is 0 Å². The van der Waals surface area contributed by atoms with Gasteiger partial charge in [-0.15, -0.1) is 0 Å². The minimum absolute atomic E-state index is 0.124. The van der Waals surface area contributed by atoms with Crippen molar-refractivity contribution in [2.75, 3.05) is 13.7 Å². The third kappa shape index (κ3) is 3.01. The zero-order chi connectivity index (χ0) is 12.7. The Kier molecular flexibility index (Phi) is 5.51. The Morgan fingerprint density at radius 3 is 2.24 bits per heavy atom. The highest BCUT2D eigenvalue weighted by Crippen LogP contribution is 2.34. The molecule has 0 aliphatic heterocycles. The minimum atomic E-state index is -0.186. The molecule has 1 aromatic rings. The van der Waals surface area contributed by atoms with Crippen LogP contribution in [-0.4, -0.2) is 29.2 Å². The third-order valence-corrected chi connectivity index (χ3v) is 3.36. The first-order valence-electron chi connectivity index (χ1n) is 6.30. The lowest BCUT2D eigenvalue weighted by molar-refractivity contribution is -0.0719. The Bertz CT molecular complexity index is 312. The van der Waals surface area contributed by atoms with Crippen LogP contribution in [0.1, 0.15) is 45.2 Å². The Labute approximate surface area is 104 Å². The molecular weight excluding hydrogens is 214 g/mol. The van der Waals surface area contributed by atoms with Gasteiger partial charge in [-0.05, 0) is 26.8 Å². The van der Waals surface area contributed by atoms with Crippen LogP contribution in [0.4, 0.5) is 0 Å². The van der Waals surface area contributed by atoms with Gasteiger partial charge >= 0.3 is 0 Å². The average Bonchev–Trinajstić information content (AvgIpc) is 2.39. The molecule has 0 fully saturated rings. The summed E-state index contributed by atoms with van der Waals surface area (Å²) in [5.41, 5.74) is 0.890. The molecule has 1 aromatic heterocycles. The topological polar surface area (TPSA) is 47.0 Å². The van der Waals surface area contributed by atoms with Crippen molar-refractivity contribution in [1.29, 1.82) is 0 Å². The third-order valence-electron chi connectivity index (χ3n) is 3.36. The molecular formula is C13H23N3O. The number of hydrogen-bond acceptors (Lipinski definition) is 4. The second-order valence-corrected chi connectivity index (χ2v) is 4.10. The van der Waals surface area contributed by atoms with E-state index in [1.165, 1.54) is 0 Å². The number of nitrogens with one attached hydrogen (secondary N) is 1. The van der Waals surface area contributed by atoms with E-state index in [0.717, 1.165) is 18.4 Å². The summed E-state index contributed by atoms with van der Waals surface area (Å²) in [6.45, 7) is 7.07. The second kappa shape index (κ2) is 6.67. The molecule has 4 nitrogen and oxygen atoms in total. The molecule has 0 saturated heterocycles. The fraction of sp³-hybridized carbons (Fsp3) is 0.692. The molecule has 1 N–H and O–H groups in total. The van der Waals surface area contributed by atoms with Gasteiger partial charge in [0, 0.05) is 24.6 Å². The maximum absolute atomic E-state index is 6.02. The maximum Gasteiger partial charge on any atom is 0.115 e. The largest absolute Gasteiger partial charge is 0.373 e. The van der Waals surface area contributed by atoms with Gasteiger partial charge in [0.1, 0.15) is 6.33 Å². The molecule has 0 aromatic carbocycles. The van der Waals surface area contributed by atoms with Crippen LogP contribution >= 0.6 is 0 Å². The van der Waals surface area contributed by atoms with E-state index in [2.05, 4.69) is 29.1 Å². The zero-order valence-electron chi connectivity index (χ0n) is 11.2.